The molecule has 1 unspecified atom stereocenters. The third kappa shape index (κ3) is 9.10. The quantitative estimate of drug-likeness (QED) is 0.308. The van der Waals surface area contributed by atoms with E-state index < -0.39 is 11.6 Å². The second-order valence-corrected chi connectivity index (χ2v) is 11.6. The molecule has 0 aliphatic carbocycles. The summed E-state index contributed by atoms with van der Waals surface area (Å²) in [6.07, 6.45) is 0.382. The Kier molecular flexibility index (Phi) is 10.1. The molecule has 3 aromatic rings. The number of halogens is 2. The van der Waals surface area contributed by atoms with Gasteiger partial charge in [0.2, 0.25) is 11.8 Å². The minimum Gasteiger partial charge on any atom is -0.350 e. The Morgan fingerprint density at radius 1 is 0.917 bits per heavy atom. The van der Waals surface area contributed by atoms with Gasteiger partial charge in [-0.05, 0) is 61.7 Å². The van der Waals surface area contributed by atoms with Crippen LogP contribution in [0.1, 0.15) is 37.5 Å². The molecular weight excluding hydrogens is 539 g/mol. The molecule has 0 aliphatic heterocycles. The lowest BCUT2D eigenvalue weighted by molar-refractivity contribution is -0.140. The molecule has 0 fully saturated rings. The highest BCUT2D eigenvalue weighted by Gasteiger charge is 2.32. The van der Waals surface area contributed by atoms with Crippen molar-refractivity contribution in [1.29, 1.82) is 0 Å². The van der Waals surface area contributed by atoms with E-state index in [0.29, 0.717) is 12.2 Å². The maximum atomic E-state index is 13.6. The van der Waals surface area contributed by atoms with Crippen LogP contribution in [-0.2, 0) is 28.3 Å². The minimum atomic E-state index is -0.711. The lowest BCUT2D eigenvalue weighted by Crippen LogP contribution is -2.54. The van der Waals surface area contributed by atoms with E-state index in [1.807, 2.05) is 75.4 Å². The Bertz CT molecular complexity index is 1130. The van der Waals surface area contributed by atoms with Crippen molar-refractivity contribution in [3.8, 4) is 0 Å². The van der Waals surface area contributed by atoms with Crippen molar-refractivity contribution in [2.75, 3.05) is 5.75 Å². The van der Waals surface area contributed by atoms with Crippen LogP contribution < -0.4 is 5.32 Å². The molecule has 3 rings (SSSR count). The smallest absolute Gasteiger partial charge is 0.243 e. The Morgan fingerprint density at radius 3 is 2.14 bits per heavy atom. The lowest BCUT2D eigenvalue weighted by atomic mass is 10.0. The molecule has 1 atom stereocenters. The third-order valence-electron chi connectivity index (χ3n) is 5.44. The predicted molar refractivity (Wildman–Crippen MR) is 149 cm³/mol. The zero-order chi connectivity index (χ0) is 26.1. The van der Waals surface area contributed by atoms with Gasteiger partial charge in [-0.1, -0.05) is 70.5 Å². The van der Waals surface area contributed by atoms with E-state index in [1.54, 1.807) is 17.0 Å². The van der Waals surface area contributed by atoms with Crippen LogP contribution in [0.15, 0.2) is 83.3 Å². The molecule has 4 nitrogen and oxygen atoms in total. The molecular formula is C29H32BrFN2O2S. The Hall–Kier alpha value is -2.64. The van der Waals surface area contributed by atoms with Gasteiger partial charge in [0.05, 0.1) is 5.75 Å². The van der Waals surface area contributed by atoms with Gasteiger partial charge in [0.15, 0.2) is 0 Å². The summed E-state index contributed by atoms with van der Waals surface area (Å²) >= 11 is 4.95. The topological polar surface area (TPSA) is 49.4 Å². The molecule has 3 aromatic carbocycles. The van der Waals surface area contributed by atoms with Gasteiger partial charge in [-0.25, -0.2) is 4.39 Å². The third-order valence-corrected chi connectivity index (χ3v) is 6.96. The normalized spacial score (nSPS) is 12.1. The predicted octanol–water partition coefficient (Wildman–Crippen LogP) is 6.38. The molecule has 2 amide bonds. The number of rotatable bonds is 10. The highest BCUT2D eigenvalue weighted by molar-refractivity contribution is 9.10. The summed E-state index contributed by atoms with van der Waals surface area (Å²) in [5.74, 6) is 0.228. The zero-order valence-corrected chi connectivity index (χ0v) is 23.2. The summed E-state index contributed by atoms with van der Waals surface area (Å²) in [6.45, 7) is 5.98. The molecule has 36 heavy (non-hydrogen) atoms. The number of carbonyl (C=O) groups excluding carboxylic acids is 2. The molecule has 0 heterocycles. The first-order valence-corrected chi connectivity index (χ1v) is 13.8. The van der Waals surface area contributed by atoms with Crippen LogP contribution >= 0.6 is 27.7 Å². The number of hydrogen-bond acceptors (Lipinski definition) is 3. The Balaban J connectivity index is 1.85. The number of thioether (sulfide) groups is 1. The van der Waals surface area contributed by atoms with Gasteiger partial charge in [0, 0.05) is 28.7 Å². The van der Waals surface area contributed by atoms with Crippen molar-refractivity contribution in [3.05, 3.63) is 106 Å². The average molecular weight is 572 g/mol. The van der Waals surface area contributed by atoms with Crippen LogP contribution in [-0.4, -0.2) is 34.0 Å². The van der Waals surface area contributed by atoms with Crippen LogP contribution in [0.5, 0.6) is 0 Å². The molecule has 7 heteroatoms. The fourth-order valence-corrected chi connectivity index (χ4v) is 4.85. The summed E-state index contributed by atoms with van der Waals surface area (Å²) in [5.41, 5.74) is 2.40. The largest absolute Gasteiger partial charge is 0.350 e. The number of hydrogen-bond donors (Lipinski definition) is 1. The first kappa shape index (κ1) is 27.9. The van der Waals surface area contributed by atoms with Crippen molar-refractivity contribution >= 4 is 39.5 Å². The Labute approximate surface area is 225 Å². The maximum absolute atomic E-state index is 13.6. The van der Waals surface area contributed by atoms with E-state index in [0.717, 1.165) is 21.2 Å². The lowest BCUT2D eigenvalue weighted by Gasteiger charge is -2.34. The molecule has 0 spiro atoms. The molecule has 190 valence electrons. The fraction of sp³-hybridized carbons (Fsp3) is 0.310. The van der Waals surface area contributed by atoms with Crippen molar-refractivity contribution in [2.24, 2.45) is 0 Å². The molecule has 0 saturated carbocycles. The number of nitrogens with one attached hydrogen (secondary N) is 1. The van der Waals surface area contributed by atoms with Crippen LogP contribution in [0, 0.1) is 5.82 Å². The van der Waals surface area contributed by atoms with Crippen LogP contribution in [0.3, 0.4) is 0 Å². The summed E-state index contributed by atoms with van der Waals surface area (Å²) in [7, 11) is 0. The van der Waals surface area contributed by atoms with Crippen LogP contribution in [0.4, 0.5) is 4.39 Å². The maximum Gasteiger partial charge on any atom is 0.243 e. The second-order valence-electron chi connectivity index (χ2n) is 9.71. The van der Waals surface area contributed by atoms with Gasteiger partial charge >= 0.3 is 0 Å². The van der Waals surface area contributed by atoms with Gasteiger partial charge in [0.1, 0.15) is 11.9 Å². The van der Waals surface area contributed by atoms with Crippen LogP contribution in [0.2, 0.25) is 0 Å². The van der Waals surface area contributed by atoms with E-state index in [4.69, 9.17) is 0 Å². The summed E-state index contributed by atoms with van der Waals surface area (Å²) in [6, 6.07) is 23.0. The number of amides is 2. The van der Waals surface area contributed by atoms with E-state index in [9.17, 15) is 14.0 Å². The van der Waals surface area contributed by atoms with Crippen molar-refractivity contribution < 1.29 is 14.0 Å². The molecule has 1 N–H and O–H groups in total. The Morgan fingerprint density at radius 2 is 1.53 bits per heavy atom. The number of nitrogens with zero attached hydrogens (tertiary/aromatic N) is 1. The second kappa shape index (κ2) is 13.1. The highest BCUT2D eigenvalue weighted by atomic mass is 79.9. The first-order valence-electron chi connectivity index (χ1n) is 11.8. The summed E-state index contributed by atoms with van der Waals surface area (Å²) in [4.78, 5) is 28.7. The molecule has 0 saturated heterocycles. The average Bonchev–Trinajstić information content (AvgIpc) is 2.83. The summed E-state index contributed by atoms with van der Waals surface area (Å²) < 4.78 is 14.6. The standard InChI is InChI=1S/C29H32BrFN2O2S/c1-29(2,3)32-28(35)26(17-21-7-5-4-6-8-21)33(18-22-11-15-25(31)16-12-22)27(34)20-36-19-23-9-13-24(30)14-10-23/h4-16,26H,17-20H2,1-3H3,(H,32,35). The van der Waals surface area contributed by atoms with Gasteiger partial charge in [-0.15, -0.1) is 11.8 Å². The van der Waals surface area contributed by atoms with E-state index in [-0.39, 0.29) is 29.9 Å². The molecule has 0 aliphatic rings. The van der Waals surface area contributed by atoms with Gasteiger partial charge in [0.25, 0.3) is 0 Å². The number of carbonyl (C=O) groups is 2. The minimum absolute atomic E-state index is 0.133. The highest BCUT2D eigenvalue weighted by Crippen LogP contribution is 2.20. The van der Waals surface area contributed by atoms with Crippen molar-refractivity contribution in [2.45, 2.75) is 51.1 Å². The van der Waals surface area contributed by atoms with E-state index in [2.05, 4.69) is 21.2 Å². The van der Waals surface area contributed by atoms with E-state index >= 15 is 0 Å². The van der Waals surface area contributed by atoms with Gasteiger partial charge in [-0.3, -0.25) is 9.59 Å². The SMILES string of the molecule is CC(C)(C)NC(=O)C(Cc1ccccc1)N(Cc1ccc(F)cc1)C(=O)CSCc1ccc(Br)cc1. The van der Waals surface area contributed by atoms with Gasteiger partial charge in [-0.2, -0.15) is 0 Å². The molecule has 0 bridgehead atoms. The fourth-order valence-electron chi connectivity index (χ4n) is 3.71. The summed E-state index contributed by atoms with van der Waals surface area (Å²) in [5, 5.41) is 3.05. The van der Waals surface area contributed by atoms with Gasteiger partial charge < -0.3 is 10.2 Å². The number of benzene rings is 3. The monoisotopic (exact) mass is 570 g/mol. The molecule has 0 aromatic heterocycles. The van der Waals surface area contributed by atoms with Crippen molar-refractivity contribution in [3.63, 3.8) is 0 Å². The molecule has 0 radical (unpaired) electrons. The first-order chi connectivity index (χ1) is 17.1. The van der Waals surface area contributed by atoms with Crippen LogP contribution in [0.25, 0.3) is 0 Å². The van der Waals surface area contributed by atoms with E-state index in [1.165, 1.54) is 23.9 Å². The van der Waals surface area contributed by atoms with Crippen molar-refractivity contribution in [1.82, 2.24) is 10.2 Å². The zero-order valence-electron chi connectivity index (χ0n) is 20.8.